The first-order chi connectivity index (χ1) is 15.2. The summed E-state index contributed by atoms with van der Waals surface area (Å²) in [6, 6.07) is 20.3. The van der Waals surface area contributed by atoms with E-state index in [4.69, 9.17) is 10.1 Å². The van der Waals surface area contributed by atoms with Crippen molar-refractivity contribution < 1.29 is 4.79 Å². The Morgan fingerprint density at radius 1 is 1.13 bits per heavy atom. The third kappa shape index (κ3) is 3.77. The second-order valence-corrected chi connectivity index (χ2v) is 9.49. The smallest absolute Gasteiger partial charge is 0.276 e. The first kappa shape index (κ1) is 20.3. The number of carbonyl (C=O) groups excluding carboxylic acids is 1. The van der Waals surface area contributed by atoms with Crippen LogP contribution in [-0.4, -0.2) is 21.8 Å². The van der Waals surface area contributed by atoms with Crippen LogP contribution in [0.1, 0.15) is 31.5 Å². The van der Waals surface area contributed by atoms with Crippen LogP contribution < -0.4 is 15.9 Å². The molecule has 2 heterocycles. The van der Waals surface area contributed by atoms with Crippen LogP contribution in [0.2, 0.25) is 0 Å². The highest BCUT2D eigenvalue weighted by Gasteiger charge is 2.35. The third-order valence-electron chi connectivity index (χ3n) is 5.41. The molecule has 5 rings (SSSR count). The number of amides is 1. The predicted molar refractivity (Wildman–Crippen MR) is 130 cm³/mol. The standard InChI is InChI=1S/C24H21BrN4OS/c1-2-3-13-31-24-27-23(30)21-19-14-16(25)11-12-20(19)26-22(29(21)28-24)18-10-6-8-15-7-4-5-9-17(15)18/h4-12,14,22H,2-3,13H2,1H3,(H,27,28,30). The number of nitrogens with one attached hydrogen (secondary N) is 1. The summed E-state index contributed by atoms with van der Waals surface area (Å²) in [6.45, 7) is 2.16. The summed E-state index contributed by atoms with van der Waals surface area (Å²) in [5.41, 5.74) is 1.56. The van der Waals surface area contributed by atoms with Gasteiger partial charge in [-0.15, -0.1) is 5.10 Å². The minimum Gasteiger partial charge on any atom is -0.298 e. The van der Waals surface area contributed by atoms with Crippen LogP contribution in [0.25, 0.3) is 16.5 Å². The quantitative estimate of drug-likeness (QED) is 0.553. The molecule has 0 radical (unpaired) electrons. The van der Waals surface area contributed by atoms with Crippen LogP contribution in [0.15, 0.2) is 75.2 Å². The minimum absolute atomic E-state index is 0.145. The van der Waals surface area contributed by atoms with Gasteiger partial charge in [-0.05, 0) is 35.4 Å². The topological polar surface area (TPSA) is 57.1 Å². The van der Waals surface area contributed by atoms with Gasteiger partial charge < -0.3 is 0 Å². The summed E-state index contributed by atoms with van der Waals surface area (Å²) in [6.07, 6.45) is 1.76. The summed E-state index contributed by atoms with van der Waals surface area (Å²) in [5.74, 6) is 0.769. The Balaban J connectivity index is 1.72. The monoisotopic (exact) mass is 492 g/mol. The number of thioether (sulfide) groups is 1. The van der Waals surface area contributed by atoms with Crippen molar-refractivity contribution in [2.24, 2.45) is 10.1 Å². The van der Waals surface area contributed by atoms with Gasteiger partial charge in [0.25, 0.3) is 5.91 Å². The van der Waals surface area contributed by atoms with Crippen molar-refractivity contribution in [3.8, 4) is 0 Å². The van der Waals surface area contributed by atoms with Crippen molar-refractivity contribution in [3.63, 3.8) is 0 Å². The summed E-state index contributed by atoms with van der Waals surface area (Å²) in [4.78, 5) is 18.3. The number of benzene rings is 3. The van der Waals surface area contributed by atoms with Crippen LogP contribution in [0.5, 0.6) is 0 Å². The number of hydrogen-bond donors (Lipinski definition) is 1. The lowest BCUT2D eigenvalue weighted by molar-refractivity contribution is -0.116. The van der Waals surface area contributed by atoms with Crippen LogP contribution in [0.3, 0.4) is 0 Å². The molecule has 7 heteroatoms. The lowest BCUT2D eigenvalue weighted by Gasteiger charge is -2.34. The number of unbranched alkanes of at least 4 members (excludes halogenated alkanes) is 1. The second-order valence-electron chi connectivity index (χ2n) is 7.49. The zero-order valence-corrected chi connectivity index (χ0v) is 19.4. The first-order valence-electron chi connectivity index (χ1n) is 10.3. The van der Waals surface area contributed by atoms with Crippen LogP contribution in [0.4, 0.5) is 0 Å². The summed E-state index contributed by atoms with van der Waals surface area (Å²) in [5, 5.41) is 14.1. The molecule has 2 aliphatic rings. The molecule has 0 saturated heterocycles. The van der Waals surface area contributed by atoms with Gasteiger partial charge in [0.2, 0.25) is 0 Å². The third-order valence-corrected chi connectivity index (χ3v) is 6.85. The minimum atomic E-state index is -0.414. The molecule has 156 valence electrons. The number of rotatable bonds is 4. The number of hydrogen-bond acceptors (Lipinski definition) is 5. The zero-order chi connectivity index (χ0) is 21.4. The van der Waals surface area contributed by atoms with Crippen molar-refractivity contribution in [1.82, 2.24) is 10.3 Å². The van der Waals surface area contributed by atoms with E-state index in [1.165, 1.54) is 0 Å². The van der Waals surface area contributed by atoms with Gasteiger partial charge in [0.05, 0.1) is 5.36 Å². The molecular formula is C24H21BrN4OS. The highest BCUT2D eigenvalue weighted by molar-refractivity contribution is 9.10. The maximum Gasteiger partial charge on any atom is 0.276 e. The Labute approximate surface area is 193 Å². The fourth-order valence-electron chi connectivity index (χ4n) is 3.91. The molecule has 1 unspecified atom stereocenters. The van der Waals surface area contributed by atoms with Crippen molar-refractivity contribution in [3.05, 3.63) is 81.3 Å². The molecule has 3 aromatic rings. The Morgan fingerprint density at radius 3 is 2.84 bits per heavy atom. The molecule has 3 aromatic carbocycles. The van der Waals surface area contributed by atoms with Crippen LogP contribution in [0, 0.1) is 0 Å². The molecule has 0 bridgehead atoms. The van der Waals surface area contributed by atoms with Crippen molar-refractivity contribution in [2.45, 2.75) is 25.9 Å². The largest absolute Gasteiger partial charge is 0.298 e. The lowest BCUT2D eigenvalue weighted by Crippen LogP contribution is -2.50. The normalized spacial score (nSPS) is 17.5. The number of nitrogens with zero attached hydrogens (tertiary/aromatic N) is 3. The van der Waals surface area contributed by atoms with E-state index >= 15 is 0 Å². The van der Waals surface area contributed by atoms with E-state index in [1.807, 2.05) is 36.4 Å². The molecule has 0 aromatic heterocycles. The highest BCUT2D eigenvalue weighted by Crippen LogP contribution is 2.34. The molecule has 0 fully saturated rings. The van der Waals surface area contributed by atoms with Gasteiger partial charge in [-0.1, -0.05) is 83.5 Å². The maximum atomic E-state index is 13.2. The summed E-state index contributed by atoms with van der Waals surface area (Å²) >= 11 is 5.11. The first-order valence-corrected chi connectivity index (χ1v) is 12.1. The van der Waals surface area contributed by atoms with Gasteiger partial charge >= 0.3 is 0 Å². The van der Waals surface area contributed by atoms with E-state index in [1.54, 1.807) is 16.8 Å². The van der Waals surface area contributed by atoms with E-state index in [0.29, 0.717) is 10.9 Å². The van der Waals surface area contributed by atoms with Gasteiger partial charge in [0.15, 0.2) is 11.3 Å². The second kappa shape index (κ2) is 8.48. The van der Waals surface area contributed by atoms with Gasteiger partial charge in [0, 0.05) is 21.0 Å². The molecule has 0 aliphatic carbocycles. The molecule has 1 N–H and O–H groups in total. The molecule has 31 heavy (non-hydrogen) atoms. The van der Waals surface area contributed by atoms with E-state index in [0.717, 1.165) is 50.0 Å². The van der Waals surface area contributed by atoms with Crippen molar-refractivity contribution in [1.29, 1.82) is 0 Å². The Bertz CT molecular complexity index is 1330. The van der Waals surface area contributed by atoms with E-state index in [9.17, 15) is 4.79 Å². The van der Waals surface area contributed by atoms with E-state index in [-0.39, 0.29) is 5.91 Å². The number of carbonyl (C=O) groups is 1. The Hall–Kier alpha value is -2.64. The average molecular weight is 493 g/mol. The maximum absolute atomic E-state index is 13.2. The predicted octanol–water partition coefficient (Wildman–Crippen LogP) is 4.28. The van der Waals surface area contributed by atoms with E-state index in [2.05, 4.69) is 52.4 Å². The van der Waals surface area contributed by atoms with Crippen LogP contribution >= 0.6 is 27.7 Å². The molecular weight excluding hydrogens is 472 g/mol. The summed E-state index contributed by atoms with van der Waals surface area (Å²) < 4.78 is 0.900. The number of halogens is 1. The fraction of sp³-hybridized carbons (Fsp3) is 0.208. The SMILES string of the molecule is CCCCSC1=NN2C(=c3cc(Br)ccc3=NC2c2cccc3ccccc23)C(=O)N1. The fourth-order valence-corrected chi connectivity index (χ4v) is 5.21. The average Bonchev–Trinajstić information content (AvgIpc) is 2.78. The van der Waals surface area contributed by atoms with Gasteiger partial charge in [-0.2, -0.15) is 0 Å². The highest BCUT2D eigenvalue weighted by atomic mass is 79.9. The van der Waals surface area contributed by atoms with Crippen LogP contribution in [-0.2, 0) is 4.79 Å². The Kier molecular flexibility index (Phi) is 5.54. The molecule has 5 nitrogen and oxygen atoms in total. The van der Waals surface area contributed by atoms with Crippen molar-refractivity contribution in [2.75, 3.05) is 5.75 Å². The van der Waals surface area contributed by atoms with Crippen molar-refractivity contribution >= 4 is 55.2 Å². The number of fused-ring (bicyclic) bond motifs is 3. The molecule has 0 saturated carbocycles. The lowest BCUT2D eigenvalue weighted by atomic mass is 10.0. The molecule has 1 amide bonds. The molecule has 2 aliphatic heterocycles. The molecule has 0 spiro atoms. The van der Waals surface area contributed by atoms with Gasteiger partial charge in [0.1, 0.15) is 5.70 Å². The van der Waals surface area contributed by atoms with E-state index < -0.39 is 6.17 Å². The zero-order valence-electron chi connectivity index (χ0n) is 17.0. The molecule has 1 atom stereocenters. The van der Waals surface area contributed by atoms with Gasteiger partial charge in [-0.25, -0.2) is 5.01 Å². The summed E-state index contributed by atoms with van der Waals surface area (Å²) in [7, 11) is 0. The Morgan fingerprint density at radius 2 is 1.97 bits per heavy atom. The van der Waals surface area contributed by atoms with Gasteiger partial charge in [-0.3, -0.25) is 15.1 Å². The number of amidine groups is 1. The number of hydrazone groups is 1.